The van der Waals surface area contributed by atoms with Crippen LogP contribution in [0.1, 0.15) is 17.5 Å². The van der Waals surface area contributed by atoms with Crippen molar-refractivity contribution in [3.8, 4) is 0 Å². The smallest absolute Gasteiger partial charge is 0.0713 e. The minimum atomic E-state index is 0.709. The van der Waals surface area contributed by atoms with Crippen LogP contribution >= 0.6 is 0 Å². The Balaban J connectivity index is 0.000000185. The molecule has 2 aromatic rings. The predicted molar refractivity (Wildman–Crippen MR) is 94.3 cm³/mol. The molecule has 124 valence electrons. The normalized spacial score (nSPS) is 15.3. The van der Waals surface area contributed by atoms with E-state index in [1.54, 1.807) is 7.11 Å². The van der Waals surface area contributed by atoms with Crippen LogP contribution in [0.15, 0.2) is 60.7 Å². The fraction of sp³-hybridized carbons (Fsp3) is 0.400. The van der Waals surface area contributed by atoms with Crippen molar-refractivity contribution in [2.45, 2.75) is 19.6 Å². The van der Waals surface area contributed by atoms with Gasteiger partial charge in [-0.15, -0.1) is 0 Å². The fourth-order valence-electron chi connectivity index (χ4n) is 2.54. The molecule has 0 amide bonds. The lowest BCUT2D eigenvalue weighted by Gasteiger charge is -2.18. The van der Waals surface area contributed by atoms with Crippen LogP contribution < -0.4 is 0 Å². The molecule has 0 radical (unpaired) electrons. The molecule has 0 atom stereocenters. The largest absolute Gasteiger partial charge is 0.380 e. The number of hydrogen-bond acceptors (Lipinski definition) is 3. The van der Waals surface area contributed by atoms with Crippen LogP contribution in [0.4, 0.5) is 0 Å². The van der Waals surface area contributed by atoms with Gasteiger partial charge in [-0.05, 0) is 17.5 Å². The summed E-state index contributed by atoms with van der Waals surface area (Å²) in [6.45, 7) is 5.80. The molecule has 3 rings (SSSR count). The summed E-state index contributed by atoms with van der Waals surface area (Å²) in [7, 11) is 1.70. The Kier molecular flexibility index (Phi) is 8.41. The highest BCUT2D eigenvalue weighted by Gasteiger charge is 2.08. The third-order valence-electron chi connectivity index (χ3n) is 3.72. The lowest BCUT2D eigenvalue weighted by atomic mass is 10.2. The van der Waals surface area contributed by atoms with Gasteiger partial charge in [0.1, 0.15) is 0 Å². The monoisotopic (exact) mass is 313 g/mol. The summed E-state index contributed by atoms with van der Waals surface area (Å²) in [6.07, 6.45) is 1.16. The standard InChI is InChI=1S/C12H17NO.C8H10O/c1-2-5-12(6-3-1)11-13-7-4-9-14-10-8-13;1-9-7-8-5-3-2-4-6-8/h1-3,5-6H,4,7-11H2;2-6H,7H2,1H3. The van der Waals surface area contributed by atoms with Crippen molar-refractivity contribution >= 4 is 0 Å². The first-order valence-electron chi connectivity index (χ1n) is 8.25. The number of ether oxygens (including phenoxy) is 2. The van der Waals surface area contributed by atoms with Gasteiger partial charge < -0.3 is 9.47 Å². The van der Waals surface area contributed by atoms with E-state index in [0.29, 0.717) is 6.61 Å². The Morgan fingerprint density at radius 3 is 2.17 bits per heavy atom. The van der Waals surface area contributed by atoms with E-state index in [1.165, 1.54) is 11.1 Å². The molecule has 0 saturated carbocycles. The Morgan fingerprint density at radius 1 is 0.870 bits per heavy atom. The van der Waals surface area contributed by atoms with E-state index in [1.807, 2.05) is 30.3 Å². The van der Waals surface area contributed by atoms with Crippen LogP contribution in [0.5, 0.6) is 0 Å². The minimum absolute atomic E-state index is 0.709. The summed E-state index contributed by atoms with van der Waals surface area (Å²) >= 11 is 0. The van der Waals surface area contributed by atoms with Crippen molar-refractivity contribution in [2.24, 2.45) is 0 Å². The maximum Gasteiger partial charge on any atom is 0.0713 e. The van der Waals surface area contributed by atoms with Gasteiger partial charge in [-0.25, -0.2) is 0 Å². The zero-order valence-corrected chi connectivity index (χ0v) is 14.0. The lowest BCUT2D eigenvalue weighted by molar-refractivity contribution is 0.140. The topological polar surface area (TPSA) is 21.7 Å². The molecule has 0 spiro atoms. The highest BCUT2D eigenvalue weighted by molar-refractivity contribution is 5.14. The molecule has 1 saturated heterocycles. The number of rotatable bonds is 4. The first-order chi connectivity index (χ1) is 11.4. The van der Waals surface area contributed by atoms with Crippen molar-refractivity contribution in [3.63, 3.8) is 0 Å². The van der Waals surface area contributed by atoms with Gasteiger partial charge in [0.2, 0.25) is 0 Å². The molecule has 0 bridgehead atoms. The van der Waals surface area contributed by atoms with E-state index in [2.05, 4.69) is 35.2 Å². The zero-order valence-electron chi connectivity index (χ0n) is 14.0. The first-order valence-corrected chi connectivity index (χ1v) is 8.25. The molecular weight excluding hydrogens is 286 g/mol. The summed E-state index contributed by atoms with van der Waals surface area (Å²) in [4.78, 5) is 2.46. The highest BCUT2D eigenvalue weighted by Crippen LogP contribution is 2.06. The van der Waals surface area contributed by atoms with Gasteiger partial charge in [0.05, 0.1) is 13.2 Å². The van der Waals surface area contributed by atoms with Gasteiger partial charge in [-0.2, -0.15) is 0 Å². The highest BCUT2D eigenvalue weighted by atomic mass is 16.5. The second-order valence-corrected chi connectivity index (χ2v) is 5.65. The van der Waals surface area contributed by atoms with Crippen LogP contribution in [0.25, 0.3) is 0 Å². The number of nitrogens with zero attached hydrogens (tertiary/aromatic N) is 1. The van der Waals surface area contributed by atoms with E-state index in [-0.39, 0.29) is 0 Å². The van der Waals surface area contributed by atoms with Gasteiger partial charge >= 0.3 is 0 Å². The molecule has 1 fully saturated rings. The molecule has 1 aliphatic rings. The van der Waals surface area contributed by atoms with Gasteiger partial charge in [0.15, 0.2) is 0 Å². The Morgan fingerprint density at radius 2 is 1.52 bits per heavy atom. The predicted octanol–water partition coefficient (Wildman–Crippen LogP) is 3.74. The Labute approximate surface area is 139 Å². The van der Waals surface area contributed by atoms with Crippen molar-refractivity contribution < 1.29 is 9.47 Å². The second-order valence-electron chi connectivity index (χ2n) is 5.65. The van der Waals surface area contributed by atoms with Crippen LogP contribution in [-0.2, 0) is 22.6 Å². The lowest BCUT2D eigenvalue weighted by Crippen LogP contribution is -2.25. The summed E-state index contributed by atoms with van der Waals surface area (Å²) < 4.78 is 10.3. The molecule has 3 nitrogen and oxygen atoms in total. The molecule has 1 heterocycles. The molecule has 0 aromatic heterocycles. The van der Waals surface area contributed by atoms with E-state index in [0.717, 1.165) is 39.3 Å². The van der Waals surface area contributed by atoms with E-state index < -0.39 is 0 Å². The molecule has 0 unspecified atom stereocenters. The Bertz CT molecular complexity index is 508. The molecule has 1 aliphatic heterocycles. The van der Waals surface area contributed by atoms with E-state index >= 15 is 0 Å². The SMILES string of the molecule is COCc1ccccc1.c1ccc(CN2CCCOCC2)cc1. The third kappa shape index (κ3) is 7.42. The number of methoxy groups -OCH3 is 1. The van der Waals surface area contributed by atoms with Gasteiger partial charge in [-0.3, -0.25) is 4.90 Å². The van der Waals surface area contributed by atoms with Crippen molar-refractivity contribution in [1.29, 1.82) is 0 Å². The summed E-state index contributed by atoms with van der Waals surface area (Å²) in [5, 5.41) is 0. The number of benzene rings is 2. The average molecular weight is 313 g/mol. The fourth-order valence-corrected chi connectivity index (χ4v) is 2.54. The maximum absolute atomic E-state index is 5.42. The molecule has 3 heteroatoms. The van der Waals surface area contributed by atoms with Crippen molar-refractivity contribution in [3.05, 3.63) is 71.8 Å². The molecule has 23 heavy (non-hydrogen) atoms. The van der Waals surface area contributed by atoms with Gasteiger partial charge in [-0.1, -0.05) is 60.7 Å². The quantitative estimate of drug-likeness (QED) is 0.858. The molecular formula is C20H27NO2. The molecule has 0 aliphatic carbocycles. The second kappa shape index (κ2) is 10.9. The molecule has 2 aromatic carbocycles. The van der Waals surface area contributed by atoms with Crippen molar-refractivity contribution in [1.82, 2.24) is 4.90 Å². The van der Waals surface area contributed by atoms with Crippen LogP contribution in [0.2, 0.25) is 0 Å². The number of hydrogen-bond donors (Lipinski definition) is 0. The van der Waals surface area contributed by atoms with Crippen LogP contribution in [0, 0.1) is 0 Å². The minimum Gasteiger partial charge on any atom is -0.380 e. The van der Waals surface area contributed by atoms with Crippen molar-refractivity contribution in [2.75, 3.05) is 33.4 Å². The van der Waals surface area contributed by atoms with Gasteiger partial charge in [0.25, 0.3) is 0 Å². The zero-order chi connectivity index (χ0) is 16.2. The maximum atomic E-state index is 5.42. The summed E-state index contributed by atoms with van der Waals surface area (Å²) in [5.41, 5.74) is 2.62. The first kappa shape index (κ1) is 17.7. The van der Waals surface area contributed by atoms with Crippen LogP contribution in [-0.4, -0.2) is 38.3 Å². The average Bonchev–Trinajstić information content (AvgIpc) is 2.86. The van der Waals surface area contributed by atoms with E-state index in [4.69, 9.17) is 9.47 Å². The van der Waals surface area contributed by atoms with Crippen LogP contribution in [0.3, 0.4) is 0 Å². The Hall–Kier alpha value is -1.68. The summed E-state index contributed by atoms with van der Waals surface area (Å²) in [6, 6.07) is 20.7. The van der Waals surface area contributed by atoms with E-state index in [9.17, 15) is 0 Å². The van der Waals surface area contributed by atoms with Gasteiger partial charge in [0, 0.05) is 33.4 Å². The third-order valence-corrected chi connectivity index (χ3v) is 3.72. The molecule has 0 N–H and O–H groups in total. The summed E-state index contributed by atoms with van der Waals surface area (Å²) in [5.74, 6) is 0.